The molecule has 98 valence electrons. The van der Waals surface area contributed by atoms with Crippen LogP contribution in [0.15, 0.2) is 24.3 Å². The highest BCUT2D eigenvalue weighted by atomic mass is 16.1. The maximum atomic E-state index is 10.4. The van der Waals surface area contributed by atoms with Gasteiger partial charge >= 0.3 is 0 Å². The molecule has 0 bridgehead atoms. The molecule has 1 saturated carbocycles. The van der Waals surface area contributed by atoms with E-state index in [1.807, 2.05) is 24.3 Å². The van der Waals surface area contributed by atoms with E-state index in [-0.39, 0.29) is 0 Å². The SMILES string of the molecule is C1CCCC1.O=Cc1ccc(N2CCCC2)cc1. The largest absolute Gasteiger partial charge is 0.372 e. The fourth-order valence-electron chi connectivity index (χ4n) is 2.62. The highest BCUT2D eigenvalue weighted by Gasteiger charge is 2.11. The zero-order valence-electron chi connectivity index (χ0n) is 11.1. The number of carbonyl (C=O) groups is 1. The second-order valence-corrected chi connectivity index (χ2v) is 5.17. The van der Waals surface area contributed by atoms with Crippen LogP contribution in [0.3, 0.4) is 0 Å². The van der Waals surface area contributed by atoms with Crippen LogP contribution < -0.4 is 4.90 Å². The molecule has 1 heterocycles. The second kappa shape index (κ2) is 7.20. The van der Waals surface area contributed by atoms with Crippen molar-refractivity contribution in [1.29, 1.82) is 0 Å². The zero-order valence-corrected chi connectivity index (χ0v) is 11.1. The number of aldehydes is 1. The molecule has 3 rings (SSSR count). The zero-order chi connectivity index (χ0) is 12.6. The summed E-state index contributed by atoms with van der Waals surface area (Å²) in [7, 11) is 0. The third-order valence-corrected chi connectivity index (χ3v) is 3.75. The molecular formula is C16H23NO. The van der Waals surface area contributed by atoms with Crippen LogP contribution in [0.5, 0.6) is 0 Å². The van der Waals surface area contributed by atoms with Gasteiger partial charge in [-0.25, -0.2) is 0 Å². The Hall–Kier alpha value is -1.31. The standard InChI is InChI=1S/C11H13NO.C5H10/c13-9-10-3-5-11(6-4-10)12-7-1-2-8-12;1-2-4-5-3-1/h3-6,9H,1-2,7-8H2;1-5H2. The fraction of sp³-hybridized carbons (Fsp3) is 0.562. The lowest BCUT2D eigenvalue weighted by Gasteiger charge is -2.17. The molecule has 0 unspecified atom stereocenters. The first-order valence-corrected chi connectivity index (χ1v) is 7.20. The minimum Gasteiger partial charge on any atom is -0.372 e. The quantitative estimate of drug-likeness (QED) is 0.733. The van der Waals surface area contributed by atoms with Crippen molar-refractivity contribution >= 4 is 12.0 Å². The van der Waals surface area contributed by atoms with Crippen molar-refractivity contribution in [2.75, 3.05) is 18.0 Å². The van der Waals surface area contributed by atoms with E-state index in [9.17, 15) is 4.79 Å². The summed E-state index contributed by atoms with van der Waals surface area (Å²) in [5.74, 6) is 0. The van der Waals surface area contributed by atoms with E-state index in [4.69, 9.17) is 0 Å². The van der Waals surface area contributed by atoms with Gasteiger partial charge in [0.25, 0.3) is 0 Å². The molecule has 0 aromatic heterocycles. The van der Waals surface area contributed by atoms with Crippen molar-refractivity contribution in [2.45, 2.75) is 44.9 Å². The molecule has 1 aliphatic carbocycles. The summed E-state index contributed by atoms with van der Waals surface area (Å²) in [5.41, 5.74) is 1.99. The summed E-state index contributed by atoms with van der Waals surface area (Å²) in [4.78, 5) is 12.8. The van der Waals surface area contributed by atoms with Crippen LogP contribution >= 0.6 is 0 Å². The van der Waals surface area contributed by atoms with E-state index in [1.54, 1.807) is 0 Å². The molecule has 0 radical (unpaired) electrons. The summed E-state index contributed by atoms with van der Waals surface area (Å²) in [6.45, 7) is 2.31. The van der Waals surface area contributed by atoms with E-state index in [0.717, 1.165) is 24.9 Å². The van der Waals surface area contributed by atoms with E-state index in [1.165, 1.54) is 50.6 Å². The van der Waals surface area contributed by atoms with Crippen LogP contribution in [0.25, 0.3) is 0 Å². The number of carbonyl (C=O) groups excluding carboxylic acids is 1. The molecule has 0 spiro atoms. The first-order valence-electron chi connectivity index (χ1n) is 7.20. The molecular weight excluding hydrogens is 222 g/mol. The molecule has 2 fully saturated rings. The van der Waals surface area contributed by atoms with Crippen LogP contribution in [0.4, 0.5) is 5.69 Å². The van der Waals surface area contributed by atoms with Gasteiger partial charge in [-0.3, -0.25) is 4.79 Å². The van der Waals surface area contributed by atoms with Gasteiger partial charge in [0, 0.05) is 24.3 Å². The molecule has 0 N–H and O–H groups in total. The van der Waals surface area contributed by atoms with Crippen LogP contribution in [0.2, 0.25) is 0 Å². The molecule has 18 heavy (non-hydrogen) atoms. The first kappa shape index (κ1) is 13.1. The topological polar surface area (TPSA) is 20.3 Å². The number of nitrogens with zero attached hydrogens (tertiary/aromatic N) is 1. The first-order chi connectivity index (χ1) is 8.90. The summed E-state index contributed by atoms with van der Waals surface area (Å²) in [6.07, 6.45) is 11.0. The molecule has 1 aliphatic heterocycles. The maximum absolute atomic E-state index is 10.4. The molecule has 1 aromatic rings. The Bertz CT molecular complexity index is 340. The second-order valence-electron chi connectivity index (χ2n) is 5.17. The smallest absolute Gasteiger partial charge is 0.150 e. The lowest BCUT2D eigenvalue weighted by molar-refractivity contribution is 0.112. The van der Waals surface area contributed by atoms with Gasteiger partial charge in [-0.1, -0.05) is 32.1 Å². The average molecular weight is 245 g/mol. The van der Waals surface area contributed by atoms with Crippen LogP contribution in [0.1, 0.15) is 55.3 Å². The van der Waals surface area contributed by atoms with E-state index < -0.39 is 0 Å². The fourth-order valence-corrected chi connectivity index (χ4v) is 2.62. The van der Waals surface area contributed by atoms with Gasteiger partial charge in [-0.05, 0) is 37.1 Å². The van der Waals surface area contributed by atoms with Crippen molar-refractivity contribution in [3.63, 3.8) is 0 Å². The van der Waals surface area contributed by atoms with Gasteiger partial charge in [0.2, 0.25) is 0 Å². The van der Waals surface area contributed by atoms with Crippen LogP contribution in [-0.4, -0.2) is 19.4 Å². The third-order valence-electron chi connectivity index (χ3n) is 3.75. The van der Waals surface area contributed by atoms with Gasteiger partial charge in [0.15, 0.2) is 0 Å². The minimum atomic E-state index is 0.753. The van der Waals surface area contributed by atoms with Gasteiger partial charge in [0.1, 0.15) is 6.29 Å². The number of hydrogen-bond donors (Lipinski definition) is 0. The Kier molecular flexibility index (Phi) is 5.25. The lowest BCUT2D eigenvalue weighted by atomic mass is 10.2. The Morgan fingerprint density at radius 1 is 0.778 bits per heavy atom. The predicted molar refractivity (Wildman–Crippen MR) is 76.4 cm³/mol. The molecule has 2 aliphatic rings. The van der Waals surface area contributed by atoms with E-state index in [2.05, 4.69) is 4.90 Å². The van der Waals surface area contributed by atoms with E-state index >= 15 is 0 Å². The van der Waals surface area contributed by atoms with Crippen LogP contribution in [0, 0.1) is 0 Å². The Morgan fingerprint density at radius 2 is 1.28 bits per heavy atom. The van der Waals surface area contributed by atoms with Crippen molar-refractivity contribution in [3.8, 4) is 0 Å². The Morgan fingerprint density at radius 3 is 1.72 bits per heavy atom. The van der Waals surface area contributed by atoms with Gasteiger partial charge in [-0.2, -0.15) is 0 Å². The Balaban J connectivity index is 0.000000202. The lowest BCUT2D eigenvalue weighted by Crippen LogP contribution is -2.17. The normalized spacial score (nSPS) is 18.3. The molecule has 1 aromatic carbocycles. The molecule has 2 nitrogen and oxygen atoms in total. The molecule has 0 atom stereocenters. The monoisotopic (exact) mass is 245 g/mol. The van der Waals surface area contributed by atoms with Crippen molar-refractivity contribution in [3.05, 3.63) is 29.8 Å². The number of benzene rings is 1. The number of anilines is 1. The number of rotatable bonds is 2. The van der Waals surface area contributed by atoms with Crippen molar-refractivity contribution in [1.82, 2.24) is 0 Å². The maximum Gasteiger partial charge on any atom is 0.150 e. The Labute approximate surface area is 110 Å². The summed E-state index contributed by atoms with van der Waals surface area (Å²) >= 11 is 0. The van der Waals surface area contributed by atoms with Gasteiger partial charge < -0.3 is 4.90 Å². The summed E-state index contributed by atoms with van der Waals surface area (Å²) in [5, 5.41) is 0. The third kappa shape index (κ3) is 3.86. The summed E-state index contributed by atoms with van der Waals surface area (Å²) in [6, 6.07) is 7.80. The van der Waals surface area contributed by atoms with Gasteiger partial charge in [-0.15, -0.1) is 0 Å². The predicted octanol–water partition coefficient (Wildman–Crippen LogP) is 4.05. The molecule has 1 saturated heterocycles. The minimum absolute atomic E-state index is 0.753. The van der Waals surface area contributed by atoms with Gasteiger partial charge in [0.05, 0.1) is 0 Å². The van der Waals surface area contributed by atoms with Crippen LogP contribution in [-0.2, 0) is 0 Å². The van der Waals surface area contributed by atoms with E-state index in [0.29, 0.717) is 0 Å². The van der Waals surface area contributed by atoms with Crippen molar-refractivity contribution in [2.24, 2.45) is 0 Å². The molecule has 0 amide bonds. The summed E-state index contributed by atoms with van der Waals surface area (Å²) < 4.78 is 0. The molecule has 2 heteroatoms. The number of hydrogen-bond acceptors (Lipinski definition) is 2. The highest BCUT2D eigenvalue weighted by molar-refractivity contribution is 5.75. The average Bonchev–Trinajstić information content (AvgIpc) is 3.14. The van der Waals surface area contributed by atoms with Crippen molar-refractivity contribution < 1.29 is 4.79 Å². The highest BCUT2D eigenvalue weighted by Crippen LogP contribution is 2.19.